The zero-order valence-electron chi connectivity index (χ0n) is 13.2. The van der Waals surface area contributed by atoms with Gasteiger partial charge in [0.15, 0.2) is 0 Å². The Morgan fingerprint density at radius 1 is 1.37 bits per heavy atom. The van der Waals surface area contributed by atoms with E-state index in [4.69, 9.17) is 4.74 Å². The molecule has 0 aromatic carbocycles. The number of hydrogen-bond acceptors (Lipinski definition) is 3. The van der Waals surface area contributed by atoms with Crippen molar-refractivity contribution < 1.29 is 56.1 Å². The fourth-order valence-corrected chi connectivity index (χ4v) is 1.51. The topological polar surface area (TPSA) is 48.2 Å². The van der Waals surface area contributed by atoms with Gasteiger partial charge in [0.05, 0.1) is 6.10 Å². The van der Waals surface area contributed by atoms with E-state index < -0.39 is 0 Å². The Morgan fingerprint density at radius 2 is 2.05 bits per heavy atom. The van der Waals surface area contributed by atoms with Gasteiger partial charge in [0.2, 0.25) is 0 Å². The molecular formula is C14H26KN3O. The van der Waals surface area contributed by atoms with E-state index in [9.17, 15) is 0 Å². The van der Waals surface area contributed by atoms with E-state index in [1.54, 1.807) is 6.20 Å². The first-order chi connectivity index (χ1) is 8.77. The van der Waals surface area contributed by atoms with Crippen LogP contribution in [0.25, 0.3) is 5.32 Å². The van der Waals surface area contributed by atoms with Crippen LogP contribution in [-0.2, 0) is 11.3 Å². The molecule has 0 aliphatic heterocycles. The van der Waals surface area contributed by atoms with E-state index in [1.807, 2.05) is 52.9 Å². The van der Waals surface area contributed by atoms with E-state index in [0.29, 0.717) is 13.2 Å². The number of likely N-dealkylation sites (N-methyl/N-ethyl adjacent to an activating group) is 1. The summed E-state index contributed by atoms with van der Waals surface area (Å²) in [4.78, 5) is 4.23. The third-order valence-electron chi connectivity index (χ3n) is 2.35. The minimum absolute atomic E-state index is 0. The van der Waals surface area contributed by atoms with Crippen LogP contribution in [0.1, 0.15) is 33.4 Å². The van der Waals surface area contributed by atoms with Crippen molar-refractivity contribution in [3.63, 3.8) is 0 Å². The minimum Gasteiger partial charge on any atom is -0.640 e. The summed E-state index contributed by atoms with van der Waals surface area (Å²) in [6, 6.07) is 5.85. The minimum atomic E-state index is 0. The van der Waals surface area contributed by atoms with Crippen LogP contribution >= 0.6 is 0 Å². The normalized spacial score (nSPS) is 12.7. The van der Waals surface area contributed by atoms with Crippen LogP contribution in [0.3, 0.4) is 0 Å². The van der Waals surface area contributed by atoms with E-state index >= 15 is 0 Å². The van der Waals surface area contributed by atoms with Crippen molar-refractivity contribution in [2.24, 2.45) is 0 Å². The maximum absolute atomic E-state index is 5.51. The number of hydrogen-bond donors (Lipinski definition) is 1. The molecule has 0 amide bonds. The third kappa shape index (κ3) is 10.1. The SMILES string of the molecule is CC.CCOC(C)C([N-]Cc1ccccn1)NC.[K+]. The zero-order valence-corrected chi connectivity index (χ0v) is 16.3. The van der Waals surface area contributed by atoms with Crippen molar-refractivity contribution in [2.75, 3.05) is 13.7 Å². The predicted octanol–water partition coefficient (Wildman–Crippen LogP) is -0.0440. The van der Waals surface area contributed by atoms with Gasteiger partial charge in [-0.2, -0.15) is 0 Å². The van der Waals surface area contributed by atoms with Crippen LogP contribution in [0.5, 0.6) is 0 Å². The van der Waals surface area contributed by atoms with Crippen LogP contribution in [0, 0.1) is 0 Å². The molecule has 2 atom stereocenters. The second-order valence-electron chi connectivity index (χ2n) is 3.56. The molecule has 0 aliphatic rings. The van der Waals surface area contributed by atoms with Gasteiger partial charge >= 0.3 is 51.4 Å². The first-order valence-electron chi connectivity index (χ1n) is 6.63. The van der Waals surface area contributed by atoms with Gasteiger partial charge in [0.25, 0.3) is 0 Å². The Bertz CT molecular complexity index is 285. The van der Waals surface area contributed by atoms with E-state index in [1.165, 1.54) is 0 Å². The third-order valence-corrected chi connectivity index (χ3v) is 2.35. The van der Waals surface area contributed by atoms with Crippen molar-refractivity contribution in [1.29, 1.82) is 0 Å². The second kappa shape index (κ2) is 15.1. The molecule has 1 heterocycles. The summed E-state index contributed by atoms with van der Waals surface area (Å²) in [7, 11) is 1.89. The molecule has 0 bridgehead atoms. The summed E-state index contributed by atoms with van der Waals surface area (Å²) in [6.45, 7) is 9.33. The molecular weight excluding hydrogens is 265 g/mol. The molecule has 0 aliphatic carbocycles. The molecule has 0 spiro atoms. The Hall–Kier alpha value is 0.666. The molecule has 0 fully saturated rings. The molecule has 1 N–H and O–H groups in total. The number of nitrogens with zero attached hydrogens (tertiary/aromatic N) is 2. The number of rotatable bonds is 7. The maximum atomic E-state index is 5.51. The summed E-state index contributed by atoms with van der Waals surface area (Å²) in [5, 5.41) is 7.67. The zero-order chi connectivity index (χ0) is 13.8. The van der Waals surface area contributed by atoms with Crippen molar-refractivity contribution in [1.82, 2.24) is 10.3 Å². The number of pyridine rings is 1. The summed E-state index contributed by atoms with van der Waals surface area (Å²) in [5.41, 5.74) is 0.978. The fraction of sp³-hybridized carbons (Fsp3) is 0.643. The van der Waals surface area contributed by atoms with Gasteiger partial charge in [-0.1, -0.05) is 26.1 Å². The summed E-state index contributed by atoms with van der Waals surface area (Å²) < 4.78 is 5.51. The van der Waals surface area contributed by atoms with Gasteiger partial charge in [-0.05, 0) is 33.0 Å². The van der Waals surface area contributed by atoms with Crippen LogP contribution in [0.15, 0.2) is 24.4 Å². The monoisotopic (exact) mass is 291 g/mol. The summed E-state index contributed by atoms with van der Waals surface area (Å²) in [5.74, 6) is 0. The molecule has 5 heteroatoms. The van der Waals surface area contributed by atoms with Crippen LogP contribution in [0.4, 0.5) is 0 Å². The van der Waals surface area contributed by atoms with Crippen molar-refractivity contribution in [3.05, 3.63) is 35.4 Å². The first kappa shape index (κ1) is 22.0. The molecule has 0 radical (unpaired) electrons. The van der Waals surface area contributed by atoms with E-state index in [2.05, 4.69) is 15.6 Å². The first-order valence-corrected chi connectivity index (χ1v) is 6.63. The maximum Gasteiger partial charge on any atom is 1.00 e. The van der Waals surface area contributed by atoms with Crippen molar-refractivity contribution in [2.45, 2.75) is 46.5 Å². The quantitative estimate of drug-likeness (QED) is 0.717. The van der Waals surface area contributed by atoms with Crippen LogP contribution < -0.4 is 56.7 Å². The van der Waals surface area contributed by atoms with E-state index in [-0.39, 0.29) is 63.7 Å². The van der Waals surface area contributed by atoms with Gasteiger partial charge in [0, 0.05) is 18.5 Å². The smallest absolute Gasteiger partial charge is 0.640 e. The standard InChI is InChI=1S/C12H20N3O.C2H6.K/c1-4-16-10(2)12(13-3)15-9-11-7-5-6-8-14-11;1-2;/h5-8,10,12-13H,4,9H2,1-3H3;1-2H3;/q-1;;+1. The Kier molecular flexibility index (Phi) is 17.4. The average molecular weight is 291 g/mol. The van der Waals surface area contributed by atoms with Gasteiger partial charge in [-0.3, -0.25) is 4.98 Å². The fourth-order valence-electron chi connectivity index (χ4n) is 1.51. The molecule has 104 valence electrons. The molecule has 2 unspecified atom stereocenters. The molecule has 19 heavy (non-hydrogen) atoms. The molecule has 1 aromatic heterocycles. The number of nitrogens with one attached hydrogen (secondary N) is 1. The molecule has 0 saturated carbocycles. The molecule has 0 saturated heterocycles. The molecule has 4 nitrogen and oxygen atoms in total. The molecule has 1 aromatic rings. The van der Waals surface area contributed by atoms with Crippen molar-refractivity contribution >= 4 is 0 Å². The number of aromatic nitrogens is 1. The molecule has 1 rings (SSSR count). The van der Waals surface area contributed by atoms with Gasteiger partial charge in [0.1, 0.15) is 0 Å². The van der Waals surface area contributed by atoms with Crippen LogP contribution in [0.2, 0.25) is 0 Å². The van der Waals surface area contributed by atoms with E-state index in [0.717, 1.165) is 5.69 Å². The predicted molar refractivity (Wildman–Crippen MR) is 76.6 cm³/mol. The van der Waals surface area contributed by atoms with Gasteiger partial charge in [-0.25, -0.2) is 0 Å². The van der Waals surface area contributed by atoms with Gasteiger partial charge in [-0.15, -0.1) is 6.54 Å². The van der Waals surface area contributed by atoms with Crippen LogP contribution in [-0.4, -0.2) is 30.9 Å². The summed E-state index contributed by atoms with van der Waals surface area (Å²) in [6.07, 6.45) is 1.88. The second-order valence-corrected chi connectivity index (χ2v) is 3.56. The Labute approximate surface area is 160 Å². The van der Waals surface area contributed by atoms with Crippen molar-refractivity contribution in [3.8, 4) is 0 Å². The Balaban J connectivity index is 0. The largest absolute Gasteiger partial charge is 1.00 e. The van der Waals surface area contributed by atoms with Gasteiger partial charge < -0.3 is 15.4 Å². The number of ether oxygens (including phenoxy) is 1. The Morgan fingerprint density at radius 3 is 2.53 bits per heavy atom. The summed E-state index contributed by atoms with van der Waals surface area (Å²) >= 11 is 0. The average Bonchev–Trinajstić information content (AvgIpc) is 2.43.